The van der Waals surface area contributed by atoms with Gasteiger partial charge in [0, 0.05) is 27.3 Å². The first kappa shape index (κ1) is 29.6. The highest BCUT2D eigenvalue weighted by molar-refractivity contribution is 7.11. The minimum absolute atomic E-state index is 0.0381. The molecule has 6 nitrogen and oxygen atoms in total. The van der Waals surface area contributed by atoms with E-state index in [1.165, 1.54) is 11.1 Å². The number of carbonyl (C=O) groups excluding carboxylic acids is 1. The van der Waals surface area contributed by atoms with E-state index in [9.17, 15) is 18.0 Å². The summed E-state index contributed by atoms with van der Waals surface area (Å²) in [6.07, 6.45) is -0.900. The van der Waals surface area contributed by atoms with Gasteiger partial charge >= 0.3 is 6.18 Å². The molecule has 0 bridgehead atoms. The number of thiophene rings is 2. The van der Waals surface area contributed by atoms with Crippen LogP contribution in [0.3, 0.4) is 0 Å². The Bertz CT molecular complexity index is 1920. The number of alkyl halides is 3. The number of allylic oxidation sites excluding steroid dienone is 1. The van der Waals surface area contributed by atoms with Gasteiger partial charge in [0.1, 0.15) is 0 Å². The maximum absolute atomic E-state index is 14.4. The molecule has 4 aromatic heterocycles. The molecule has 0 saturated heterocycles. The van der Waals surface area contributed by atoms with E-state index in [0.29, 0.717) is 11.5 Å². The maximum atomic E-state index is 14.4. The molecule has 0 spiro atoms. The van der Waals surface area contributed by atoms with Crippen molar-refractivity contribution in [2.24, 2.45) is 16.9 Å². The number of hydrogen-bond donors (Lipinski definition) is 0. The van der Waals surface area contributed by atoms with Crippen molar-refractivity contribution in [1.29, 1.82) is 0 Å². The molecule has 7 rings (SSSR count). The fourth-order valence-electron chi connectivity index (χ4n) is 6.33. The zero-order valence-electron chi connectivity index (χ0n) is 24.8. The van der Waals surface area contributed by atoms with E-state index in [0.717, 1.165) is 50.0 Å². The van der Waals surface area contributed by atoms with Crippen LogP contribution in [0.2, 0.25) is 0 Å². The zero-order valence-corrected chi connectivity index (χ0v) is 26.5. The number of amides is 1. The molecular weight excluding hydrogens is 616 g/mol. The lowest BCUT2D eigenvalue weighted by molar-refractivity contribution is -0.142. The predicted molar refractivity (Wildman–Crippen MR) is 172 cm³/mol. The summed E-state index contributed by atoms with van der Waals surface area (Å²) in [5.74, 6) is 0.0632. The number of halogens is 3. The standard InChI is InChI=1S/C34H30F3N5OS2/c1-19(2)21-8-10-22(11-9-21)26-17-29(34(35,36)37)41-30(38-26)18-27(39-41)33(43)42-32(28-7-5-13-45-28)25-15-20(3)14-23(31(25)40-42)16-24-6-4-12-44-24/h4-13,16-20,25,32H,14-15H2,1-3H3/b23-16+/t20-,25+,32-/m1/s1. The van der Waals surface area contributed by atoms with Crippen LogP contribution in [0.4, 0.5) is 13.2 Å². The molecular formula is C34H30F3N5OS2. The number of hydrogen-bond acceptors (Lipinski definition) is 6. The molecule has 0 radical (unpaired) electrons. The normalized spacial score (nSPS) is 21.1. The Kier molecular flexibility index (Phi) is 7.48. The molecule has 0 N–H and O–H groups in total. The first-order valence-electron chi connectivity index (χ1n) is 14.8. The van der Waals surface area contributed by atoms with Gasteiger partial charge in [-0.2, -0.15) is 23.4 Å². The van der Waals surface area contributed by atoms with E-state index in [4.69, 9.17) is 5.10 Å². The molecule has 5 heterocycles. The third-order valence-electron chi connectivity index (χ3n) is 8.48. The Labute approximate surface area is 266 Å². The average Bonchev–Trinajstić information content (AvgIpc) is 3.82. The Morgan fingerprint density at radius 1 is 1.04 bits per heavy atom. The number of benzene rings is 1. The molecule has 1 aromatic carbocycles. The third kappa shape index (κ3) is 5.52. The van der Waals surface area contributed by atoms with Crippen molar-refractivity contribution in [3.8, 4) is 11.3 Å². The minimum Gasteiger partial charge on any atom is -0.265 e. The maximum Gasteiger partial charge on any atom is 0.433 e. The van der Waals surface area contributed by atoms with E-state index in [2.05, 4.69) is 43.0 Å². The number of rotatable bonds is 5. The number of nitrogens with zero attached hydrogens (tertiary/aromatic N) is 5. The smallest absolute Gasteiger partial charge is 0.265 e. The van der Waals surface area contributed by atoms with Crippen molar-refractivity contribution in [3.63, 3.8) is 0 Å². The Hall–Kier alpha value is -4.09. The van der Waals surface area contributed by atoms with Gasteiger partial charge in [-0.05, 0) is 70.8 Å². The number of carbonyl (C=O) groups is 1. The van der Waals surface area contributed by atoms with E-state index < -0.39 is 17.8 Å². The lowest BCUT2D eigenvalue weighted by atomic mass is 9.74. The molecule has 1 amide bonds. The molecule has 5 aromatic rings. The van der Waals surface area contributed by atoms with Crippen molar-refractivity contribution >= 4 is 46.0 Å². The SMILES string of the molecule is CC(C)c1ccc(-c2cc(C(F)(F)F)n3nc(C(=O)N4N=C5/C(=C/c6cccs6)C[C@@H](C)C[C@@H]5[C@@H]4c4cccs4)cc3n2)cc1. The summed E-state index contributed by atoms with van der Waals surface area (Å²) in [6, 6.07) is 17.2. The van der Waals surface area contributed by atoms with Gasteiger partial charge in [-0.25, -0.2) is 14.5 Å². The van der Waals surface area contributed by atoms with Crippen LogP contribution in [0.1, 0.15) is 77.1 Å². The van der Waals surface area contributed by atoms with Crippen molar-refractivity contribution in [2.75, 3.05) is 0 Å². The van der Waals surface area contributed by atoms with Crippen LogP contribution in [0.5, 0.6) is 0 Å². The Morgan fingerprint density at radius 2 is 1.80 bits per heavy atom. The molecule has 1 aliphatic carbocycles. The number of aromatic nitrogens is 3. The molecule has 3 atom stereocenters. The topological polar surface area (TPSA) is 62.9 Å². The van der Waals surface area contributed by atoms with Crippen molar-refractivity contribution in [2.45, 2.75) is 51.7 Å². The van der Waals surface area contributed by atoms with Gasteiger partial charge in [0.15, 0.2) is 17.0 Å². The Morgan fingerprint density at radius 3 is 2.47 bits per heavy atom. The lowest BCUT2D eigenvalue weighted by Gasteiger charge is -2.31. The van der Waals surface area contributed by atoms with Crippen LogP contribution in [0.25, 0.3) is 23.0 Å². The van der Waals surface area contributed by atoms with Crippen LogP contribution in [-0.4, -0.2) is 31.2 Å². The largest absolute Gasteiger partial charge is 0.433 e. The van der Waals surface area contributed by atoms with Crippen molar-refractivity contribution in [3.05, 3.63) is 104 Å². The molecule has 11 heteroatoms. The van der Waals surface area contributed by atoms with Gasteiger partial charge in [0.25, 0.3) is 5.91 Å². The summed E-state index contributed by atoms with van der Waals surface area (Å²) in [4.78, 5) is 20.8. The molecule has 1 saturated carbocycles. The third-order valence-corrected chi connectivity index (χ3v) is 10.2. The summed E-state index contributed by atoms with van der Waals surface area (Å²) in [6.45, 7) is 6.31. The second-order valence-corrected chi connectivity index (χ2v) is 14.0. The summed E-state index contributed by atoms with van der Waals surface area (Å²) < 4.78 is 43.8. The quantitative estimate of drug-likeness (QED) is 0.191. The van der Waals surface area contributed by atoms with E-state index in [-0.39, 0.29) is 34.9 Å². The monoisotopic (exact) mass is 645 g/mol. The predicted octanol–water partition coefficient (Wildman–Crippen LogP) is 9.34. The average molecular weight is 646 g/mol. The van der Waals surface area contributed by atoms with Gasteiger partial charge in [0.05, 0.1) is 17.4 Å². The zero-order chi connectivity index (χ0) is 31.5. The summed E-state index contributed by atoms with van der Waals surface area (Å²) in [7, 11) is 0. The highest BCUT2D eigenvalue weighted by atomic mass is 32.1. The lowest BCUT2D eigenvalue weighted by Crippen LogP contribution is -2.33. The fourth-order valence-corrected chi connectivity index (χ4v) is 7.88. The molecule has 45 heavy (non-hydrogen) atoms. The first-order valence-corrected chi connectivity index (χ1v) is 16.6. The highest BCUT2D eigenvalue weighted by Crippen LogP contribution is 2.47. The van der Waals surface area contributed by atoms with Gasteiger partial charge in [-0.1, -0.05) is 57.2 Å². The van der Waals surface area contributed by atoms with Crippen LogP contribution >= 0.6 is 22.7 Å². The summed E-state index contributed by atoms with van der Waals surface area (Å²) in [5.41, 5.74) is 2.53. The van der Waals surface area contributed by atoms with Crippen LogP contribution < -0.4 is 0 Å². The van der Waals surface area contributed by atoms with Gasteiger partial charge < -0.3 is 0 Å². The Balaban J connectivity index is 1.32. The molecule has 0 unspecified atom stereocenters. The van der Waals surface area contributed by atoms with Gasteiger partial charge in [-0.15, -0.1) is 22.7 Å². The molecule has 1 aliphatic heterocycles. The van der Waals surface area contributed by atoms with Crippen LogP contribution in [-0.2, 0) is 6.18 Å². The number of hydrazone groups is 1. The molecule has 230 valence electrons. The van der Waals surface area contributed by atoms with E-state index in [1.807, 2.05) is 41.1 Å². The van der Waals surface area contributed by atoms with Crippen LogP contribution in [0.15, 0.2) is 82.1 Å². The molecule has 1 fully saturated rings. The minimum atomic E-state index is -4.72. The number of fused-ring (bicyclic) bond motifs is 2. The summed E-state index contributed by atoms with van der Waals surface area (Å²) >= 11 is 3.18. The van der Waals surface area contributed by atoms with Crippen molar-refractivity contribution < 1.29 is 18.0 Å². The van der Waals surface area contributed by atoms with Crippen molar-refractivity contribution in [1.82, 2.24) is 19.6 Å². The molecule has 2 aliphatic rings. The first-order chi connectivity index (χ1) is 21.6. The summed E-state index contributed by atoms with van der Waals surface area (Å²) in [5, 5.41) is 14.5. The second-order valence-electron chi connectivity index (χ2n) is 12.0. The van der Waals surface area contributed by atoms with E-state index in [1.54, 1.807) is 34.8 Å². The fraction of sp³-hybridized carbons (Fsp3) is 0.294. The second kappa shape index (κ2) is 11.4. The van der Waals surface area contributed by atoms with Gasteiger partial charge in [-0.3, -0.25) is 4.79 Å². The van der Waals surface area contributed by atoms with E-state index >= 15 is 0 Å². The van der Waals surface area contributed by atoms with Crippen LogP contribution in [0, 0.1) is 11.8 Å². The highest BCUT2D eigenvalue weighted by Gasteiger charge is 2.46. The van der Waals surface area contributed by atoms with Gasteiger partial charge in [0.2, 0.25) is 0 Å².